The highest BCUT2D eigenvalue weighted by atomic mass is 16.2. The lowest BCUT2D eigenvalue weighted by molar-refractivity contribution is -0.116. The molecule has 0 aliphatic heterocycles. The van der Waals surface area contributed by atoms with E-state index in [1.807, 2.05) is 62.4 Å². The second kappa shape index (κ2) is 6.12. The normalized spacial score (nSPS) is 10.9. The van der Waals surface area contributed by atoms with Crippen molar-refractivity contribution >= 4 is 22.6 Å². The molecule has 0 bridgehead atoms. The van der Waals surface area contributed by atoms with E-state index in [4.69, 9.17) is 0 Å². The second-order valence-corrected chi connectivity index (χ2v) is 5.52. The monoisotopic (exact) mass is 309 g/mol. The Morgan fingerprint density at radius 2 is 1.61 bits per heavy atom. The van der Waals surface area contributed by atoms with Gasteiger partial charge in [0, 0.05) is 12.2 Å². The van der Waals surface area contributed by atoms with E-state index in [0.29, 0.717) is 6.54 Å². The van der Waals surface area contributed by atoms with Gasteiger partial charge >= 0.3 is 5.69 Å². The van der Waals surface area contributed by atoms with Crippen molar-refractivity contribution in [3.05, 3.63) is 64.6 Å². The molecule has 1 N–H and O–H groups in total. The lowest BCUT2D eigenvalue weighted by atomic mass is 10.2. The number of carbonyl (C=O) groups is 1. The highest BCUT2D eigenvalue weighted by Gasteiger charge is 2.14. The van der Waals surface area contributed by atoms with Crippen molar-refractivity contribution in [3.8, 4) is 0 Å². The van der Waals surface area contributed by atoms with Gasteiger partial charge in [0.15, 0.2) is 0 Å². The number of hydrogen-bond acceptors (Lipinski definition) is 2. The fraction of sp³-hybridized carbons (Fsp3) is 0.222. The van der Waals surface area contributed by atoms with Crippen LogP contribution in [0.3, 0.4) is 0 Å². The molecule has 3 rings (SSSR count). The van der Waals surface area contributed by atoms with E-state index < -0.39 is 0 Å². The Kier molecular flexibility index (Phi) is 4.02. The predicted octanol–water partition coefficient (Wildman–Crippen LogP) is 2.77. The van der Waals surface area contributed by atoms with Gasteiger partial charge < -0.3 is 5.32 Å². The third-order valence-electron chi connectivity index (χ3n) is 3.88. The lowest BCUT2D eigenvalue weighted by Crippen LogP contribution is -2.29. The van der Waals surface area contributed by atoms with Gasteiger partial charge in [0.25, 0.3) is 0 Å². The molecule has 23 heavy (non-hydrogen) atoms. The van der Waals surface area contributed by atoms with Gasteiger partial charge in [-0.25, -0.2) is 4.79 Å². The average Bonchev–Trinajstić information content (AvgIpc) is 2.81. The minimum Gasteiger partial charge on any atom is -0.325 e. The van der Waals surface area contributed by atoms with Gasteiger partial charge in [-0.15, -0.1) is 0 Å². The fourth-order valence-corrected chi connectivity index (χ4v) is 2.71. The van der Waals surface area contributed by atoms with Crippen molar-refractivity contribution in [3.63, 3.8) is 0 Å². The minimum absolute atomic E-state index is 0.000221. The quantitative estimate of drug-likeness (QED) is 0.805. The van der Waals surface area contributed by atoms with E-state index >= 15 is 0 Å². The third-order valence-corrected chi connectivity index (χ3v) is 3.88. The van der Waals surface area contributed by atoms with Gasteiger partial charge in [-0.05, 0) is 38.1 Å². The highest BCUT2D eigenvalue weighted by molar-refractivity contribution is 5.91. The van der Waals surface area contributed by atoms with E-state index in [1.54, 1.807) is 4.57 Å². The molecule has 0 saturated heterocycles. The number of rotatable bonds is 4. The molecule has 1 amide bonds. The molecule has 1 heterocycles. The summed E-state index contributed by atoms with van der Waals surface area (Å²) in [5, 5.41) is 2.83. The van der Waals surface area contributed by atoms with Crippen molar-refractivity contribution in [2.24, 2.45) is 0 Å². The molecule has 5 heteroatoms. The molecule has 2 aromatic carbocycles. The van der Waals surface area contributed by atoms with Crippen LogP contribution in [0, 0.1) is 6.92 Å². The number of imidazole rings is 1. The predicted molar refractivity (Wildman–Crippen MR) is 91.7 cm³/mol. The first-order valence-electron chi connectivity index (χ1n) is 7.64. The number of carbonyl (C=O) groups excluding carboxylic acids is 1. The zero-order valence-corrected chi connectivity index (χ0v) is 13.2. The van der Waals surface area contributed by atoms with Crippen molar-refractivity contribution in [1.82, 2.24) is 9.13 Å². The zero-order valence-electron chi connectivity index (χ0n) is 13.2. The van der Waals surface area contributed by atoms with Gasteiger partial charge in [-0.1, -0.05) is 29.8 Å². The highest BCUT2D eigenvalue weighted by Crippen LogP contribution is 2.13. The van der Waals surface area contributed by atoms with Crippen LogP contribution >= 0.6 is 0 Å². The number of benzene rings is 2. The first-order chi connectivity index (χ1) is 11.1. The summed E-state index contributed by atoms with van der Waals surface area (Å²) in [6.07, 6.45) is 0. The van der Waals surface area contributed by atoms with Crippen LogP contribution in [0.1, 0.15) is 12.5 Å². The molecule has 0 aliphatic carbocycles. The average molecular weight is 309 g/mol. The molecular weight excluding hydrogens is 290 g/mol. The molecule has 0 atom stereocenters. The molecule has 5 nitrogen and oxygen atoms in total. The summed E-state index contributed by atoms with van der Waals surface area (Å²) < 4.78 is 3.19. The van der Waals surface area contributed by atoms with Crippen LogP contribution in [0.15, 0.2) is 53.3 Å². The summed E-state index contributed by atoms with van der Waals surface area (Å²) in [5.41, 5.74) is 3.33. The number of aryl methyl sites for hydroxylation is 2. The molecule has 0 fully saturated rings. The number of aromatic nitrogens is 2. The zero-order chi connectivity index (χ0) is 16.4. The number of nitrogens with zero attached hydrogens (tertiary/aromatic N) is 2. The number of amides is 1. The Labute approximate surface area is 134 Å². The number of fused-ring (bicyclic) bond motifs is 1. The Morgan fingerprint density at radius 1 is 1.00 bits per heavy atom. The van der Waals surface area contributed by atoms with Crippen LogP contribution in [-0.2, 0) is 17.9 Å². The maximum absolute atomic E-state index is 12.5. The second-order valence-electron chi connectivity index (χ2n) is 5.52. The van der Waals surface area contributed by atoms with Gasteiger partial charge in [0.1, 0.15) is 6.54 Å². The third kappa shape index (κ3) is 2.90. The van der Waals surface area contributed by atoms with Crippen LogP contribution in [0.4, 0.5) is 5.69 Å². The van der Waals surface area contributed by atoms with Crippen molar-refractivity contribution in [2.75, 3.05) is 5.32 Å². The first kappa shape index (κ1) is 15.1. The minimum atomic E-state index is -0.213. The topological polar surface area (TPSA) is 56.0 Å². The molecule has 3 aromatic rings. The van der Waals surface area contributed by atoms with Crippen LogP contribution in [0.2, 0.25) is 0 Å². The molecule has 1 aromatic heterocycles. The van der Waals surface area contributed by atoms with Gasteiger partial charge in [-0.2, -0.15) is 0 Å². The SMILES string of the molecule is CCn1c(=O)n(CC(=O)Nc2ccc(C)cc2)c2ccccc21. The molecule has 0 spiro atoms. The molecule has 0 radical (unpaired) electrons. The van der Waals surface area contributed by atoms with E-state index in [-0.39, 0.29) is 18.1 Å². The Balaban J connectivity index is 1.89. The van der Waals surface area contributed by atoms with E-state index in [9.17, 15) is 9.59 Å². The van der Waals surface area contributed by atoms with Crippen LogP contribution in [-0.4, -0.2) is 15.0 Å². The summed E-state index contributed by atoms with van der Waals surface area (Å²) in [4.78, 5) is 24.8. The summed E-state index contributed by atoms with van der Waals surface area (Å²) in [6.45, 7) is 4.49. The summed E-state index contributed by atoms with van der Waals surface area (Å²) in [5.74, 6) is -0.213. The fourth-order valence-electron chi connectivity index (χ4n) is 2.71. The number of hydrogen-bond donors (Lipinski definition) is 1. The van der Waals surface area contributed by atoms with Crippen LogP contribution in [0.25, 0.3) is 11.0 Å². The van der Waals surface area contributed by atoms with Crippen molar-refractivity contribution < 1.29 is 4.79 Å². The number of para-hydroxylation sites is 2. The van der Waals surface area contributed by atoms with E-state index in [0.717, 1.165) is 22.3 Å². The molecule has 0 aliphatic rings. The Bertz CT molecular complexity index is 904. The lowest BCUT2D eigenvalue weighted by Gasteiger charge is -2.06. The standard InChI is InChI=1S/C18H19N3O2/c1-3-20-15-6-4-5-7-16(15)21(18(20)23)12-17(22)19-14-10-8-13(2)9-11-14/h4-11H,3,12H2,1-2H3,(H,19,22). The van der Waals surface area contributed by atoms with Crippen molar-refractivity contribution in [2.45, 2.75) is 26.9 Å². The molecule has 0 saturated carbocycles. The van der Waals surface area contributed by atoms with Crippen LogP contribution < -0.4 is 11.0 Å². The molecule has 118 valence electrons. The first-order valence-corrected chi connectivity index (χ1v) is 7.64. The summed E-state index contributed by atoms with van der Waals surface area (Å²) >= 11 is 0. The smallest absolute Gasteiger partial charge is 0.325 e. The maximum atomic E-state index is 12.5. The summed E-state index contributed by atoms with van der Waals surface area (Å²) in [6, 6.07) is 15.1. The van der Waals surface area contributed by atoms with Crippen molar-refractivity contribution in [1.29, 1.82) is 0 Å². The number of anilines is 1. The Morgan fingerprint density at radius 3 is 2.22 bits per heavy atom. The maximum Gasteiger partial charge on any atom is 0.329 e. The Hall–Kier alpha value is -2.82. The summed E-state index contributed by atoms with van der Waals surface area (Å²) in [7, 11) is 0. The van der Waals surface area contributed by atoms with Gasteiger partial charge in [-0.3, -0.25) is 13.9 Å². The molecule has 0 unspecified atom stereocenters. The van der Waals surface area contributed by atoms with E-state index in [1.165, 1.54) is 4.57 Å². The largest absolute Gasteiger partial charge is 0.329 e. The van der Waals surface area contributed by atoms with Gasteiger partial charge in [0.2, 0.25) is 5.91 Å². The van der Waals surface area contributed by atoms with Gasteiger partial charge in [0.05, 0.1) is 11.0 Å². The number of nitrogens with one attached hydrogen (secondary N) is 1. The molecular formula is C18H19N3O2. The van der Waals surface area contributed by atoms with Crippen LogP contribution in [0.5, 0.6) is 0 Å². The van der Waals surface area contributed by atoms with E-state index in [2.05, 4.69) is 5.32 Å².